The summed E-state index contributed by atoms with van der Waals surface area (Å²) in [7, 11) is -3.81. The summed E-state index contributed by atoms with van der Waals surface area (Å²) in [5.41, 5.74) is 1.96. The molecule has 0 unspecified atom stereocenters. The molecule has 5 nitrogen and oxygen atoms in total. The third-order valence-electron chi connectivity index (χ3n) is 5.38. The summed E-state index contributed by atoms with van der Waals surface area (Å²) in [6, 6.07) is 14.2. The van der Waals surface area contributed by atoms with Crippen LogP contribution < -0.4 is 0 Å². The number of hydrogen-bond donors (Lipinski definition) is 0. The van der Waals surface area contributed by atoms with Crippen molar-refractivity contribution in [3.05, 3.63) is 64.1 Å². The van der Waals surface area contributed by atoms with Gasteiger partial charge in [-0.25, -0.2) is 8.42 Å². The summed E-state index contributed by atoms with van der Waals surface area (Å²) in [6.45, 7) is 5.56. The number of rotatable bonds is 6. The highest BCUT2D eigenvalue weighted by atomic mass is 79.9. The van der Waals surface area contributed by atoms with E-state index in [0.717, 1.165) is 28.4 Å². The molecule has 2 aromatic carbocycles. The van der Waals surface area contributed by atoms with Crippen LogP contribution in [-0.2, 0) is 21.4 Å². The van der Waals surface area contributed by atoms with E-state index >= 15 is 0 Å². The molecule has 0 aliphatic carbocycles. The van der Waals surface area contributed by atoms with Gasteiger partial charge in [-0.05, 0) is 55.5 Å². The monoisotopic (exact) mass is 478 g/mol. The average molecular weight is 479 g/mol. The molecule has 0 N–H and O–H groups in total. The molecule has 2 aromatic rings. The van der Waals surface area contributed by atoms with E-state index in [-0.39, 0.29) is 23.9 Å². The van der Waals surface area contributed by atoms with Gasteiger partial charge >= 0.3 is 0 Å². The lowest BCUT2D eigenvalue weighted by molar-refractivity contribution is -0.132. The van der Waals surface area contributed by atoms with Crippen molar-refractivity contribution in [3.8, 4) is 0 Å². The zero-order chi connectivity index (χ0) is 21.0. The van der Waals surface area contributed by atoms with E-state index in [2.05, 4.69) is 22.9 Å². The molecular weight excluding hydrogens is 452 g/mol. The molecule has 1 heterocycles. The first-order valence-corrected chi connectivity index (χ1v) is 12.1. The van der Waals surface area contributed by atoms with Crippen LogP contribution >= 0.6 is 15.9 Å². The third-order valence-corrected chi connectivity index (χ3v) is 7.71. The minimum Gasteiger partial charge on any atom is -0.342 e. The first-order valence-electron chi connectivity index (χ1n) is 9.85. The largest absolute Gasteiger partial charge is 0.342 e. The quantitative estimate of drug-likeness (QED) is 0.624. The number of benzene rings is 2. The lowest BCUT2D eigenvalue weighted by atomic mass is 9.99. The summed E-state index contributed by atoms with van der Waals surface area (Å²) >= 11 is 3.34. The van der Waals surface area contributed by atoms with Crippen LogP contribution in [0.5, 0.6) is 0 Å². The lowest BCUT2D eigenvalue weighted by Crippen LogP contribution is -2.45. The number of nitrogens with zero attached hydrogens (tertiary/aromatic N) is 2. The molecule has 1 aliphatic heterocycles. The zero-order valence-corrected chi connectivity index (χ0v) is 19.2. The number of piperidine rings is 1. The van der Waals surface area contributed by atoms with Crippen molar-refractivity contribution in [2.24, 2.45) is 5.92 Å². The van der Waals surface area contributed by atoms with Gasteiger partial charge in [0, 0.05) is 24.1 Å². The average Bonchev–Trinajstić information content (AvgIpc) is 2.70. The molecule has 29 heavy (non-hydrogen) atoms. The molecule has 0 saturated carbocycles. The van der Waals surface area contributed by atoms with E-state index in [1.807, 2.05) is 31.2 Å². The Bertz CT molecular complexity index is 935. The van der Waals surface area contributed by atoms with Crippen molar-refractivity contribution < 1.29 is 13.2 Å². The first kappa shape index (κ1) is 22.0. The summed E-state index contributed by atoms with van der Waals surface area (Å²) in [5.74, 6) is 0.471. The Balaban J connectivity index is 1.85. The Hall–Kier alpha value is -1.70. The van der Waals surface area contributed by atoms with Gasteiger partial charge in [0.2, 0.25) is 15.9 Å². The number of carbonyl (C=O) groups excluding carboxylic acids is 1. The van der Waals surface area contributed by atoms with Gasteiger partial charge in [0.25, 0.3) is 0 Å². The maximum Gasteiger partial charge on any atom is 0.243 e. The van der Waals surface area contributed by atoms with Crippen LogP contribution in [-0.4, -0.2) is 43.2 Å². The Morgan fingerprint density at radius 2 is 1.66 bits per heavy atom. The molecule has 1 aliphatic rings. The van der Waals surface area contributed by atoms with Gasteiger partial charge in [0.15, 0.2) is 0 Å². The molecule has 1 amide bonds. The fourth-order valence-corrected chi connectivity index (χ4v) is 5.03. The van der Waals surface area contributed by atoms with Crippen LogP contribution in [0.1, 0.15) is 30.9 Å². The van der Waals surface area contributed by atoms with Gasteiger partial charge in [-0.2, -0.15) is 4.31 Å². The normalized spacial score (nSPS) is 15.7. The van der Waals surface area contributed by atoms with Crippen molar-refractivity contribution in [1.82, 2.24) is 9.21 Å². The third kappa shape index (κ3) is 5.68. The number of sulfonamides is 1. The van der Waals surface area contributed by atoms with Crippen LogP contribution in [0.25, 0.3) is 0 Å². The smallest absolute Gasteiger partial charge is 0.243 e. The van der Waals surface area contributed by atoms with Crippen LogP contribution in [0.4, 0.5) is 0 Å². The van der Waals surface area contributed by atoms with E-state index < -0.39 is 10.0 Å². The van der Waals surface area contributed by atoms with E-state index in [4.69, 9.17) is 0 Å². The maximum absolute atomic E-state index is 13.3. The van der Waals surface area contributed by atoms with Crippen LogP contribution in [0.2, 0.25) is 0 Å². The Morgan fingerprint density at radius 1 is 1.07 bits per heavy atom. The van der Waals surface area contributed by atoms with Crippen molar-refractivity contribution >= 4 is 31.9 Å². The lowest BCUT2D eigenvalue weighted by Gasteiger charge is -2.32. The van der Waals surface area contributed by atoms with Crippen molar-refractivity contribution in [1.29, 1.82) is 0 Å². The molecule has 7 heteroatoms. The molecule has 0 spiro atoms. The second-order valence-corrected chi connectivity index (χ2v) is 10.6. The van der Waals surface area contributed by atoms with Crippen molar-refractivity contribution in [2.45, 2.75) is 38.1 Å². The van der Waals surface area contributed by atoms with Gasteiger partial charge in [-0.3, -0.25) is 4.79 Å². The summed E-state index contributed by atoms with van der Waals surface area (Å²) in [5, 5.41) is 0. The number of halogens is 1. The van der Waals surface area contributed by atoms with E-state index in [1.54, 1.807) is 29.2 Å². The van der Waals surface area contributed by atoms with Gasteiger partial charge in [-0.15, -0.1) is 0 Å². The predicted octanol–water partition coefficient (Wildman–Crippen LogP) is 4.21. The number of carbonyl (C=O) groups is 1. The second-order valence-electron chi connectivity index (χ2n) is 7.78. The van der Waals surface area contributed by atoms with E-state index in [9.17, 15) is 13.2 Å². The molecule has 1 saturated heterocycles. The van der Waals surface area contributed by atoms with Gasteiger partial charge < -0.3 is 4.90 Å². The van der Waals surface area contributed by atoms with Gasteiger partial charge in [0.05, 0.1) is 11.4 Å². The Morgan fingerprint density at radius 3 is 2.24 bits per heavy atom. The second kappa shape index (κ2) is 9.41. The minimum atomic E-state index is -3.81. The van der Waals surface area contributed by atoms with Crippen molar-refractivity contribution in [2.75, 3.05) is 19.6 Å². The van der Waals surface area contributed by atoms with Crippen molar-refractivity contribution in [3.63, 3.8) is 0 Å². The number of hydrogen-bond acceptors (Lipinski definition) is 3. The SMILES string of the molecule is Cc1ccc(CN(CC(=O)N2CCC(C)CC2)S(=O)(=O)c2ccc(Br)cc2)cc1. The highest BCUT2D eigenvalue weighted by Crippen LogP contribution is 2.22. The number of amides is 1. The Labute approximate surface area is 181 Å². The highest BCUT2D eigenvalue weighted by molar-refractivity contribution is 9.10. The van der Waals surface area contributed by atoms with Crippen LogP contribution in [0.15, 0.2) is 57.9 Å². The summed E-state index contributed by atoms with van der Waals surface area (Å²) in [6.07, 6.45) is 1.92. The molecule has 3 rings (SSSR count). The topological polar surface area (TPSA) is 57.7 Å². The minimum absolute atomic E-state index is 0.135. The molecule has 0 radical (unpaired) electrons. The Kier molecular flexibility index (Phi) is 7.14. The standard InChI is InChI=1S/C22H27BrN2O3S/c1-17-3-5-19(6-4-17)15-25(16-22(26)24-13-11-18(2)12-14-24)29(27,28)21-9-7-20(23)8-10-21/h3-10,18H,11-16H2,1-2H3. The molecule has 0 atom stereocenters. The van der Waals surface area contributed by atoms with E-state index in [0.29, 0.717) is 19.0 Å². The van der Waals surface area contributed by atoms with Crippen LogP contribution in [0.3, 0.4) is 0 Å². The van der Waals surface area contributed by atoms with Crippen LogP contribution in [0, 0.1) is 12.8 Å². The highest BCUT2D eigenvalue weighted by Gasteiger charge is 2.29. The molecule has 156 valence electrons. The summed E-state index contributed by atoms with van der Waals surface area (Å²) in [4.78, 5) is 14.9. The molecule has 0 bridgehead atoms. The fraction of sp³-hybridized carbons (Fsp3) is 0.409. The van der Waals surface area contributed by atoms with Gasteiger partial charge in [0.1, 0.15) is 0 Å². The number of likely N-dealkylation sites (tertiary alicyclic amines) is 1. The predicted molar refractivity (Wildman–Crippen MR) is 118 cm³/mol. The first-order chi connectivity index (χ1) is 13.8. The maximum atomic E-state index is 13.3. The summed E-state index contributed by atoms with van der Waals surface area (Å²) < 4.78 is 28.7. The fourth-order valence-electron chi connectivity index (χ4n) is 3.39. The van der Waals surface area contributed by atoms with Gasteiger partial charge in [-0.1, -0.05) is 52.7 Å². The zero-order valence-electron chi connectivity index (χ0n) is 16.8. The molecular formula is C22H27BrN2O3S. The van der Waals surface area contributed by atoms with E-state index in [1.165, 1.54) is 4.31 Å². The molecule has 0 aromatic heterocycles. The molecule has 1 fully saturated rings. The number of aryl methyl sites for hydroxylation is 1.